The van der Waals surface area contributed by atoms with Gasteiger partial charge in [-0.3, -0.25) is 9.48 Å². The summed E-state index contributed by atoms with van der Waals surface area (Å²) in [5.74, 6) is 2.83. The average molecular weight is 206 g/mol. The van der Waals surface area contributed by atoms with E-state index in [0.29, 0.717) is 18.8 Å². The molecule has 1 aromatic rings. The molecular formula is C10H14N4O. The minimum atomic E-state index is -0.0879. The van der Waals surface area contributed by atoms with Crippen LogP contribution in [0.25, 0.3) is 0 Å². The van der Waals surface area contributed by atoms with Gasteiger partial charge < -0.3 is 11.1 Å². The smallest absolute Gasteiger partial charge is 0.241 e. The summed E-state index contributed by atoms with van der Waals surface area (Å²) in [6, 6.07) is 1.64. The van der Waals surface area contributed by atoms with Crippen molar-refractivity contribution in [1.29, 1.82) is 0 Å². The van der Waals surface area contributed by atoms with Crippen molar-refractivity contribution in [1.82, 2.24) is 15.1 Å². The van der Waals surface area contributed by atoms with Gasteiger partial charge >= 0.3 is 0 Å². The highest BCUT2D eigenvalue weighted by atomic mass is 16.2. The van der Waals surface area contributed by atoms with Crippen molar-refractivity contribution in [2.24, 2.45) is 0 Å². The van der Waals surface area contributed by atoms with Crippen LogP contribution in [0.15, 0.2) is 12.3 Å². The molecule has 0 unspecified atom stereocenters. The van der Waals surface area contributed by atoms with E-state index >= 15 is 0 Å². The van der Waals surface area contributed by atoms with E-state index in [1.165, 1.54) is 4.68 Å². The molecule has 0 spiro atoms. The normalized spacial score (nSPS) is 9.53. The van der Waals surface area contributed by atoms with Gasteiger partial charge in [0.1, 0.15) is 12.4 Å². The van der Waals surface area contributed by atoms with Crippen molar-refractivity contribution in [3.63, 3.8) is 0 Å². The molecule has 5 nitrogen and oxygen atoms in total. The number of nitrogen functional groups attached to an aromatic ring is 1. The topological polar surface area (TPSA) is 72.9 Å². The third-order valence-electron chi connectivity index (χ3n) is 1.79. The number of nitrogens with two attached hydrogens (primary N) is 1. The SMILES string of the molecule is C#CCCCNC(=O)Cn1ccc(N)n1. The highest BCUT2D eigenvalue weighted by Gasteiger charge is 2.02. The lowest BCUT2D eigenvalue weighted by Gasteiger charge is -2.03. The van der Waals surface area contributed by atoms with E-state index in [2.05, 4.69) is 16.3 Å². The van der Waals surface area contributed by atoms with Crippen molar-refractivity contribution >= 4 is 11.7 Å². The third-order valence-corrected chi connectivity index (χ3v) is 1.79. The van der Waals surface area contributed by atoms with Gasteiger partial charge in [0.25, 0.3) is 0 Å². The number of carbonyl (C=O) groups is 1. The molecule has 0 saturated carbocycles. The van der Waals surface area contributed by atoms with Crippen LogP contribution < -0.4 is 11.1 Å². The second-order valence-corrected chi connectivity index (χ2v) is 3.10. The van der Waals surface area contributed by atoms with Gasteiger partial charge in [-0.05, 0) is 12.5 Å². The van der Waals surface area contributed by atoms with Crippen molar-refractivity contribution in [2.75, 3.05) is 12.3 Å². The number of amides is 1. The molecule has 1 amide bonds. The van der Waals surface area contributed by atoms with Crippen LogP contribution in [0.2, 0.25) is 0 Å². The molecule has 1 rings (SSSR count). The molecule has 0 aromatic carbocycles. The van der Waals surface area contributed by atoms with Gasteiger partial charge in [-0.25, -0.2) is 0 Å². The maximum absolute atomic E-state index is 11.3. The number of carbonyl (C=O) groups excluding carboxylic acids is 1. The number of nitrogens with one attached hydrogen (secondary N) is 1. The number of nitrogens with zero attached hydrogens (tertiary/aromatic N) is 2. The number of rotatable bonds is 5. The molecule has 0 aliphatic rings. The van der Waals surface area contributed by atoms with Gasteiger partial charge in [0.15, 0.2) is 0 Å². The summed E-state index contributed by atoms with van der Waals surface area (Å²) < 4.78 is 1.49. The molecule has 1 aromatic heterocycles. The lowest BCUT2D eigenvalue weighted by Crippen LogP contribution is -2.28. The minimum absolute atomic E-state index is 0.0879. The number of hydrogen-bond donors (Lipinski definition) is 2. The van der Waals surface area contributed by atoms with Crippen molar-refractivity contribution < 1.29 is 4.79 Å². The van der Waals surface area contributed by atoms with E-state index in [9.17, 15) is 4.79 Å². The van der Waals surface area contributed by atoms with E-state index in [-0.39, 0.29) is 12.5 Å². The maximum Gasteiger partial charge on any atom is 0.241 e. The molecule has 0 fully saturated rings. The van der Waals surface area contributed by atoms with Crippen LogP contribution in [0.1, 0.15) is 12.8 Å². The van der Waals surface area contributed by atoms with E-state index in [1.807, 2.05) is 0 Å². The van der Waals surface area contributed by atoms with Gasteiger partial charge in [0.05, 0.1) is 0 Å². The van der Waals surface area contributed by atoms with Crippen LogP contribution in [0.4, 0.5) is 5.82 Å². The molecule has 0 bridgehead atoms. The van der Waals surface area contributed by atoms with Gasteiger partial charge in [-0.15, -0.1) is 12.3 Å². The second kappa shape index (κ2) is 5.70. The summed E-state index contributed by atoms with van der Waals surface area (Å²) in [6.07, 6.45) is 8.21. The Balaban J connectivity index is 2.22. The molecule has 3 N–H and O–H groups in total. The molecular weight excluding hydrogens is 192 g/mol. The monoisotopic (exact) mass is 206 g/mol. The fraction of sp³-hybridized carbons (Fsp3) is 0.400. The van der Waals surface area contributed by atoms with Crippen molar-refractivity contribution in [2.45, 2.75) is 19.4 Å². The number of aromatic nitrogens is 2. The Kier molecular flexibility index (Phi) is 4.23. The molecule has 1 heterocycles. The largest absolute Gasteiger partial charge is 0.382 e. The Bertz CT molecular complexity index is 364. The lowest BCUT2D eigenvalue weighted by atomic mass is 10.3. The van der Waals surface area contributed by atoms with Crippen molar-refractivity contribution in [3.05, 3.63) is 12.3 Å². The molecule has 0 aliphatic carbocycles. The standard InChI is InChI=1S/C10H14N4O/c1-2-3-4-6-12-10(15)8-14-7-5-9(11)13-14/h1,5,7H,3-4,6,8H2,(H2,11,13)(H,12,15). The predicted octanol–water partition coefficient (Wildman–Crippen LogP) is -0.00510. The molecule has 5 heteroatoms. The summed E-state index contributed by atoms with van der Waals surface area (Å²) in [4.78, 5) is 11.3. The van der Waals surface area contributed by atoms with E-state index in [1.54, 1.807) is 12.3 Å². The molecule has 0 radical (unpaired) electrons. The van der Waals surface area contributed by atoms with Crippen LogP contribution >= 0.6 is 0 Å². The average Bonchev–Trinajstić information content (AvgIpc) is 2.59. The number of hydrogen-bond acceptors (Lipinski definition) is 3. The number of anilines is 1. The second-order valence-electron chi connectivity index (χ2n) is 3.10. The summed E-state index contributed by atoms with van der Waals surface area (Å²) in [5, 5.41) is 6.64. The number of unbranched alkanes of at least 4 members (excludes halogenated alkanes) is 1. The first-order valence-electron chi connectivity index (χ1n) is 4.71. The maximum atomic E-state index is 11.3. The molecule has 0 saturated heterocycles. The summed E-state index contributed by atoms with van der Waals surface area (Å²) >= 11 is 0. The summed E-state index contributed by atoms with van der Waals surface area (Å²) in [7, 11) is 0. The Morgan fingerprint density at radius 1 is 1.73 bits per heavy atom. The Morgan fingerprint density at radius 2 is 2.53 bits per heavy atom. The Hall–Kier alpha value is -1.96. The summed E-state index contributed by atoms with van der Waals surface area (Å²) in [5.41, 5.74) is 5.41. The third kappa shape index (κ3) is 4.18. The van der Waals surface area contributed by atoms with Gasteiger partial charge in [0.2, 0.25) is 5.91 Å². The van der Waals surface area contributed by atoms with Crippen LogP contribution in [-0.4, -0.2) is 22.2 Å². The zero-order valence-electron chi connectivity index (χ0n) is 8.44. The quantitative estimate of drug-likeness (QED) is 0.526. The Labute approximate surface area is 88.6 Å². The van der Waals surface area contributed by atoms with Crippen LogP contribution in [-0.2, 0) is 11.3 Å². The van der Waals surface area contributed by atoms with Crippen LogP contribution in [0, 0.1) is 12.3 Å². The van der Waals surface area contributed by atoms with E-state index in [0.717, 1.165) is 6.42 Å². The summed E-state index contributed by atoms with van der Waals surface area (Å²) in [6.45, 7) is 0.785. The fourth-order valence-electron chi connectivity index (χ4n) is 1.09. The van der Waals surface area contributed by atoms with E-state index in [4.69, 9.17) is 12.2 Å². The molecule has 0 atom stereocenters. The van der Waals surface area contributed by atoms with Crippen LogP contribution in [0.3, 0.4) is 0 Å². The zero-order chi connectivity index (χ0) is 11.1. The fourth-order valence-corrected chi connectivity index (χ4v) is 1.09. The van der Waals surface area contributed by atoms with Gasteiger partial charge in [0, 0.05) is 19.2 Å². The zero-order valence-corrected chi connectivity index (χ0v) is 8.44. The minimum Gasteiger partial charge on any atom is -0.382 e. The Morgan fingerprint density at radius 3 is 3.13 bits per heavy atom. The first-order valence-corrected chi connectivity index (χ1v) is 4.71. The van der Waals surface area contributed by atoms with Gasteiger partial charge in [-0.2, -0.15) is 5.10 Å². The van der Waals surface area contributed by atoms with Crippen molar-refractivity contribution in [3.8, 4) is 12.3 Å². The lowest BCUT2D eigenvalue weighted by molar-refractivity contribution is -0.121. The van der Waals surface area contributed by atoms with Crippen LogP contribution in [0.5, 0.6) is 0 Å². The number of terminal acetylenes is 1. The highest BCUT2D eigenvalue weighted by molar-refractivity contribution is 5.75. The molecule has 15 heavy (non-hydrogen) atoms. The molecule has 80 valence electrons. The highest BCUT2D eigenvalue weighted by Crippen LogP contribution is 1.95. The molecule has 0 aliphatic heterocycles. The van der Waals surface area contributed by atoms with Gasteiger partial charge in [-0.1, -0.05) is 0 Å². The van der Waals surface area contributed by atoms with E-state index < -0.39 is 0 Å². The predicted molar refractivity (Wildman–Crippen MR) is 57.7 cm³/mol. The first kappa shape index (κ1) is 11.1. The first-order chi connectivity index (χ1) is 7.22.